The van der Waals surface area contributed by atoms with Gasteiger partial charge in [-0.2, -0.15) is 8.42 Å². The lowest BCUT2D eigenvalue weighted by atomic mass is 10.5. The number of hydrogen-bond acceptors (Lipinski definition) is 6. The zero-order chi connectivity index (χ0) is 11.6. The highest BCUT2D eigenvalue weighted by atomic mass is 32.2. The highest BCUT2D eigenvalue weighted by Gasteiger charge is 2.19. The number of hydrogen-bond donors (Lipinski definition) is 1. The lowest BCUT2D eigenvalue weighted by molar-refractivity contribution is -0.728. The predicted octanol–water partition coefficient (Wildman–Crippen LogP) is -0.267. The maximum atomic E-state index is 10.6. The van der Waals surface area contributed by atoms with Gasteiger partial charge < -0.3 is 0 Å². The molecule has 2 heterocycles. The van der Waals surface area contributed by atoms with Gasteiger partial charge in [0.2, 0.25) is 6.20 Å². The van der Waals surface area contributed by atoms with E-state index < -0.39 is 16.0 Å². The quantitative estimate of drug-likeness (QED) is 0.602. The van der Waals surface area contributed by atoms with Gasteiger partial charge in [0.15, 0.2) is 10.7 Å². The Bertz CT molecular complexity index is 581. The SMILES string of the molecule is O=S(=O)(O)C[n+]1cc(-c2ncccn2)sn1. The van der Waals surface area contributed by atoms with Crippen LogP contribution in [-0.2, 0) is 16.0 Å². The van der Waals surface area contributed by atoms with Crippen molar-refractivity contribution >= 4 is 21.7 Å². The lowest BCUT2D eigenvalue weighted by Crippen LogP contribution is -2.38. The average molecular weight is 259 g/mol. The fraction of sp³-hybridized carbons (Fsp3) is 0.143. The van der Waals surface area contributed by atoms with Gasteiger partial charge in [-0.3, -0.25) is 4.55 Å². The van der Waals surface area contributed by atoms with Crippen LogP contribution in [0.1, 0.15) is 0 Å². The molecule has 0 amide bonds. The number of nitrogens with zero attached hydrogens (tertiary/aromatic N) is 4. The van der Waals surface area contributed by atoms with Gasteiger partial charge in [0.05, 0.1) is 4.49 Å². The molecule has 0 aromatic carbocycles. The normalized spacial score (nSPS) is 11.6. The molecular formula is C7H7N4O3S2+. The zero-order valence-electron chi connectivity index (χ0n) is 7.89. The minimum absolute atomic E-state index is 0.467. The standard InChI is InChI=1S/C7H6N4O3S2/c12-16(13,14)5-11-4-6(15-10-11)7-8-2-1-3-9-7/h1-4H,5H2/p+1. The highest BCUT2D eigenvalue weighted by molar-refractivity contribution is 7.84. The molecule has 0 saturated heterocycles. The third-order valence-electron chi connectivity index (χ3n) is 1.59. The first-order chi connectivity index (χ1) is 7.54. The summed E-state index contributed by atoms with van der Waals surface area (Å²) in [6, 6.07) is 1.68. The van der Waals surface area contributed by atoms with Crippen molar-refractivity contribution < 1.29 is 17.7 Å². The second-order valence-corrected chi connectivity index (χ2v) is 5.10. The summed E-state index contributed by atoms with van der Waals surface area (Å²) in [4.78, 5) is 8.61. The van der Waals surface area contributed by atoms with Crippen LogP contribution in [0.3, 0.4) is 0 Å². The molecule has 0 atom stereocenters. The van der Waals surface area contributed by atoms with Crippen LogP contribution >= 0.6 is 11.5 Å². The van der Waals surface area contributed by atoms with Gasteiger partial charge >= 0.3 is 10.1 Å². The van der Waals surface area contributed by atoms with Gasteiger partial charge in [-0.05, 0) is 6.07 Å². The van der Waals surface area contributed by atoms with Crippen molar-refractivity contribution in [1.82, 2.24) is 14.5 Å². The van der Waals surface area contributed by atoms with Crippen molar-refractivity contribution in [2.75, 3.05) is 0 Å². The monoisotopic (exact) mass is 259 g/mol. The van der Waals surface area contributed by atoms with Gasteiger partial charge in [0.1, 0.15) is 0 Å². The Balaban J connectivity index is 2.27. The molecule has 0 radical (unpaired) electrons. The predicted molar refractivity (Wildman–Crippen MR) is 54.9 cm³/mol. The lowest BCUT2D eigenvalue weighted by Gasteiger charge is -1.88. The van der Waals surface area contributed by atoms with E-state index in [-0.39, 0.29) is 0 Å². The summed E-state index contributed by atoms with van der Waals surface area (Å²) in [6.07, 6.45) is 4.62. The molecule has 9 heteroatoms. The van der Waals surface area contributed by atoms with E-state index in [2.05, 4.69) is 14.5 Å². The fourth-order valence-electron chi connectivity index (χ4n) is 1.03. The van der Waals surface area contributed by atoms with Crippen molar-refractivity contribution in [3.8, 4) is 10.7 Å². The molecule has 0 fully saturated rings. The molecule has 0 unspecified atom stereocenters. The summed E-state index contributed by atoms with van der Waals surface area (Å²) < 4.78 is 34.8. The molecule has 7 nitrogen and oxygen atoms in total. The minimum Gasteiger partial charge on any atom is -0.281 e. The summed E-state index contributed by atoms with van der Waals surface area (Å²) in [7, 11) is -4.08. The van der Waals surface area contributed by atoms with Crippen LogP contribution in [0.25, 0.3) is 10.7 Å². The van der Waals surface area contributed by atoms with Crippen LogP contribution in [0.4, 0.5) is 0 Å². The average Bonchev–Trinajstić information content (AvgIpc) is 2.65. The van der Waals surface area contributed by atoms with Crippen molar-refractivity contribution in [1.29, 1.82) is 0 Å². The maximum Gasteiger partial charge on any atom is 0.329 e. The Hall–Kier alpha value is -1.45. The summed E-state index contributed by atoms with van der Waals surface area (Å²) in [5, 5.41) is 0. The molecule has 2 rings (SSSR count). The number of aromatic nitrogens is 4. The van der Waals surface area contributed by atoms with E-state index in [1.165, 1.54) is 6.20 Å². The van der Waals surface area contributed by atoms with Gasteiger partial charge in [-0.1, -0.05) is 4.68 Å². The first-order valence-electron chi connectivity index (χ1n) is 4.13. The van der Waals surface area contributed by atoms with E-state index in [0.717, 1.165) is 16.2 Å². The van der Waals surface area contributed by atoms with Crippen molar-refractivity contribution in [3.05, 3.63) is 24.7 Å². The minimum atomic E-state index is -4.08. The molecule has 1 N–H and O–H groups in total. The van der Waals surface area contributed by atoms with Crippen molar-refractivity contribution in [2.24, 2.45) is 0 Å². The molecular weight excluding hydrogens is 252 g/mol. The summed E-state index contributed by atoms with van der Waals surface area (Å²) in [6.45, 7) is 0. The smallest absolute Gasteiger partial charge is 0.281 e. The van der Waals surface area contributed by atoms with Crippen molar-refractivity contribution in [3.63, 3.8) is 0 Å². The molecule has 16 heavy (non-hydrogen) atoms. The van der Waals surface area contributed by atoms with Crippen molar-refractivity contribution in [2.45, 2.75) is 5.88 Å². The van der Waals surface area contributed by atoms with E-state index in [4.69, 9.17) is 4.55 Å². The van der Waals surface area contributed by atoms with Gasteiger partial charge in [0, 0.05) is 23.9 Å². The maximum absolute atomic E-state index is 10.6. The molecule has 0 spiro atoms. The van der Waals surface area contributed by atoms with Gasteiger partial charge in [0.25, 0.3) is 5.88 Å². The van der Waals surface area contributed by atoms with Crippen LogP contribution in [0.2, 0.25) is 0 Å². The van der Waals surface area contributed by atoms with E-state index in [1.54, 1.807) is 18.5 Å². The van der Waals surface area contributed by atoms with E-state index in [1.807, 2.05) is 0 Å². The molecule has 0 saturated carbocycles. The molecule has 84 valence electrons. The van der Waals surface area contributed by atoms with Crippen LogP contribution in [0.15, 0.2) is 24.7 Å². The Labute approximate surface area is 95.3 Å². The molecule has 2 aromatic rings. The largest absolute Gasteiger partial charge is 0.329 e. The van der Waals surface area contributed by atoms with Crippen LogP contribution in [0, 0.1) is 0 Å². The second-order valence-electron chi connectivity index (χ2n) is 2.89. The first-order valence-corrected chi connectivity index (χ1v) is 6.52. The van der Waals surface area contributed by atoms with Crippen LogP contribution in [-0.4, -0.2) is 27.4 Å². The van der Waals surface area contributed by atoms with Crippen LogP contribution in [0.5, 0.6) is 0 Å². The molecule has 2 aromatic heterocycles. The van der Waals surface area contributed by atoms with E-state index in [9.17, 15) is 8.42 Å². The summed E-state index contributed by atoms with van der Waals surface area (Å²) >= 11 is 1.06. The second kappa shape index (κ2) is 4.20. The van der Waals surface area contributed by atoms with E-state index in [0.29, 0.717) is 10.7 Å². The Morgan fingerprint density at radius 1 is 1.38 bits per heavy atom. The third-order valence-corrected chi connectivity index (χ3v) is 2.96. The van der Waals surface area contributed by atoms with Crippen LogP contribution < -0.4 is 4.68 Å². The molecule has 0 aliphatic carbocycles. The molecule has 0 bridgehead atoms. The molecule has 0 aliphatic rings. The first kappa shape index (κ1) is 11.0. The summed E-state index contributed by atoms with van der Waals surface area (Å²) in [5.41, 5.74) is 0. The van der Waals surface area contributed by atoms with Gasteiger partial charge in [-0.15, -0.1) is 0 Å². The fourth-order valence-corrected chi connectivity index (χ4v) is 2.23. The third kappa shape index (κ3) is 2.78. The Kier molecular flexibility index (Phi) is 2.90. The molecule has 0 aliphatic heterocycles. The topological polar surface area (TPSA) is 96.9 Å². The number of rotatable bonds is 3. The Morgan fingerprint density at radius 2 is 2.06 bits per heavy atom. The van der Waals surface area contributed by atoms with Gasteiger partial charge in [-0.25, -0.2) is 9.97 Å². The zero-order valence-corrected chi connectivity index (χ0v) is 9.52. The highest BCUT2D eigenvalue weighted by Crippen LogP contribution is 2.14. The Morgan fingerprint density at radius 3 is 2.69 bits per heavy atom. The van der Waals surface area contributed by atoms with E-state index >= 15 is 0 Å². The summed E-state index contributed by atoms with van der Waals surface area (Å²) in [5.74, 6) is -0.106.